The SMILES string of the molecule is CC(C)(C)NCC1CC12Cc1ccccc1C2. The summed E-state index contributed by atoms with van der Waals surface area (Å²) >= 11 is 0. The lowest BCUT2D eigenvalue weighted by Crippen LogP contribution is -2.37. The van der Waals surface area contributed by atoms with Crippen molar-refractivity contribution in [2.24, 2.45) is 11.3 Å². The fourth-order valence-corrected chi connectivity index (χ4v) is 3.31. The summed E-state index contributed by atoms with van der Waals surface area (Å²) in [5, 5.41) is 3.66. The predicted molar refractivity (Wildman–Crippen MR) is 72.1 cm³/mol. The maximum Gasteiger partial charge on any atom is 0.00966 e. The van der Waals surface area contributed by atoms with Crippen LogP contribution in [0.4, 0.5) is 0 Å². The molecule has 92 valence electrons. The van der Waals surface area contributed by atoms with Gasteiger partial charge in [-0.2, -0.15) is 0 Å². The Labute approximate surface area is 105 Å². The molecule has 2 aliphatic carbocycles. The lowest BCUT2D eigenvalue weighted by Gasteiger charge is -2.21. The van der Waals surface area contributed by atoms with E-state index in [-0.39, 0.29) is 5.54 Å². The van der Waals surface area contributed by atoms with Gasteiger partial charge >= 0.3 is 0 Å². The van der Waals surface area contributed by atoms with Crippen molar-refractivity contribution in [3.63, 3.8) is 0 Å². The van der Waals surface area contributed by atoms with Crippen LogP contribution in [-0.4, -0.2) is 12.1 Å². The van der Waals surface area contributed by atoms with E-state index in [1.165, 1.54) is 25.8 Å². The molecule has 1 nitrogen and oxygen atoms in total. The zero-order chi connectivity index (χ0) is 12.1. The highest BCUT2D eigenvalue weighted by Gasteiger charge is 2.56. The highest BCUT2D eigenvalue weighted by atomic mass is 15.0. The van der Waals surface area contributed by atoms with Crippen LogP contribution in [0.25, 0.3) is 0 Å². The lowest BCUT2D eigenvalue weighted by atomic mass is 9.99. The first kappa shape index (κ1) is 11.3. The van der Waals surface area contributed by atoms with Crippen molar-refractivity contribution in [2.75, 3.05) is 6.54 Å². The summed E-state index contributed by atoms with van der Waals surface area (Å²) in [7, 11) is 0. The molecule has 1 atom stereocenters. The van der Waals surface area contributed by atoms with E-state index >= 15 is 0 Å². The maximum absolute atomic E-state index is 3.66. The largest absolute Gasteiger partial charge is 0.312 e. The number of nitrogens with one attached hydrogen (secondary N) is 1. The molecule has 0 radical (unpaired) electrons. The predicted octanol–water partition coefficient (Wildman–Crippen LogP) is 3.18. The van der Waals surface area contributed by atoms with Gasteiger partial charge in [0, 0.05) is 5.54 Å². The third kappa shape index (κ3) is 2.13. The van der Waals surface area contributed by atoms with Gasteiger partial charge in [0.05, 0.1) is 0 Å². The first-order valence-electron chi connectivity index (χ1n) is 6.80. The Morgan fingerprint density at radius 3 is 2.29 bits per heavy atom. The van der Waals surface area contributed by atoms with Crippen molar-refractivity contribution in [3.8, 4) is 0 Å². The molecule has 1 heteroatoms. The second-order valence-electron chi connectivity index (χ2n) is 7.02. The van der Waals surface area contributed by atoms with E-state index in [2.05, 4.69) is 50.4 Å². The van der Waals surface area contributed by atoms with E-state index in [1.807, 2.05) is 0 Å². The van der Waals surface area contributed by atoms with Gasteiger partial charge in [0.2, 0.25) is 0 Å². The molecule has 1 N–H and O–H groups in total. The maximum atomic E-state index is 3.66. The lowest BCUT2D eigenvalue weighted by molar-refractivity contribution is 0.383. The third-order valence-corrected chi connectivity index (χ3v) is 4.44. The van der Waals surface area contributed by atoms with E-state index in [1.54, 1.807) is 11.1 Å². The Hall–Kier alpha value is -0.820. The normalized spacial score (nSPS) is 25.0. The number of hydrogen-bond acceptors (Lipinski definition) is 1. The molecule has 2 aliphatic rings. The standard InChI is InChI=1S/C16H23N/c1-15(2,3)17-11-14-10-16(14)8-12-6-4-5-7-13(12)9-16/h4-7,14,17H,8-11H2,1-3H3. The monoisotopic (exact) mass is 229 g/mol. The van der Waals surface area contributed by atoms with Crippen LogP contribution in [-0.2, 0) is 12.8 Å². The van der Waals surface area contributed by atoms with Crippen LogP contribution in [0.1, 0.15) is 38.3 Å². The molecule has 1 aromatic rings. The molecule has 1 spiro atoms. The van der Waals surface area contributed by atoms with Gasteiger partial charge in [-0.15, -0.1) is 0 Å². The van der Waals surface area contributed by atoms with Crippen molar-refractivity contribution in [3.05, 3.63) is 35.4 Å². The molecular formula is C16H23N. The van der Waals surface area contributed by atoms with Crippen LogP contribution in [0.15, 0.2) is 24.3 Å². The van der Waals surface area contributed by atoms with Crippen LogP contribution in [0.5, 0.6) is 0 Å². The zero-order valence-electron chi connectivity index (χ0n) is 11.2. The molecule has 0 saturated heterocycles. The molecule has 1 saturated carbocycles. The van der Waals surface area contributed by atoms with Crippen molar-refractivity contribution in [1.29, 1.82) is 0 Å². The molecule has 17 heavy (non-hydrogen) atoms. The fraction of sp³-hybridized carbons (Fsp3) is 0.625. The van der Waals surface area contributed by atoms with Crippen molar-refractivity contribution >= 4 is 0 Å². The number of hydrogen-bond donors (Lipinski definition) is 1. The highest BCUT2D eigenvalue weighted by Crippen LogP contribution is 2.60. The van der Waals surface area contributed by atoms with Crippen LogP contribution in [0.3, 0.4) is 0 Å². The average Bonchev–Trinajstić information content (AvgIpc) is 2.76. The summed E-state index contributed by atoms with van der Waals surface area (Å²) in [6.07, 6.45) is 4.06. The van der Waals surface area contributed by atoms with E-state index in [9.17, 15) is 0 Å². The van der Waals surface area contributed by atoms with E-state index in [0.717, 1.165) is 5.92 Å². The van der Waals surface area contributed by atoms with Crippen molar-refractivity contribution in [1.82, 2.24) is 5.32 Å². The molecular weight excluding hydrogens is 206 g/mol. The summed E-state index contributed by atoms with van der Waals surface area (Å²) in [5.74, 6) is 0.897. The zero-order valence-corrected chi connectivity index (χ0v) is 11.2. The van der Waals surface area contributed by atoms with Crippen molar-refractivity contribution in [2.45, 2.75) is 45.6 Å². The summed E-state index contributed by atoms with van der Waals surface area (Å²) in [4.78, 5) is 0. The number of benzene rings is 1. The first-order chi connectivity index (χ1) is 7.99. The van der Waals surface area contributed by atoms with Gasteiger partial charge < -0.3 is 5.32 Å². The van der Waals surface area contributed by atoms with Crippen LogP contribution in [0.2, 0.25) is 0 Å². The third-order valence-electron chi connectivity index (χ3n) is 4.44. The van der Waals surface area contributed by atoms with Crippen molar-refractivity contribution < 1.29 is 0 Å². The number of fused-ring (bicyclic) bond motifs is 1. The smallest absolute Gasteiger partial charge is 0.00966 e. The molecule has 3 rings (SSSR count). The van der Waals surface area contributed by atoms with Crippen LogP contribution < -0.4 is 5.32 Å². The Morgan fingerprint density at radius 2 is 1.76 bits per heavy atom. The van der Waals surface area contributed by atoms with Gasteiger partial charge in [-0.05, 0) is 69.0 Å². The topological polar surface area (TPSA) is 12.0 Å². The second kappa shape index (κ2) is 3.58. The molecule has 1 aromatic carbocycles. The van der Waals surface area contributed by atoms with Crippen LogP contribution in [0, 0.1) is 11.3 Å². The van der Waals surface area contributed by atoms with Gasteiger partial charge in [0.25, 0.3) is 0 Å². The first-order valence-corrected chi connectivity index (χ1v) is 6.80. The molecule has 0 amide bonds. The molecule has 0 heterocycles. The molecule has 0 aromatic heterocycles. The quantitative estimate of drug-likeness (QED) is 0.821. The Bertz CT molecular complexity index is 402. The van der Waals surface area contributed by atoms with Gasteiger partial charge in [-0.1, -0.05) is 24.3 Å². The Morgan fingerprint density at radius 1 is 1.18 bits per heavy atom. The molecule has 0 bridgehead atoms. The van der Waals surface area contributed by atoms with E-state index in [0.29, 0.717) is 5.41 Å². The van der Waals surface area contributed by atoms with E-state index in [4.69, 9.17) is 0 Å². The molecule has 1 unspecified atom stereocenters. The summed E-state index contributed by atoms with van der Waals surface area (Å²) in [5.41, 5.74) is 4.09. The van der Waals surface area contributed by atoms with Gasteiger partial charge in [-0.25, -0.2) is 0 Å². The average molecular weight is 229 g/mol. The minimum atomic E-state index is 0.259. The van der Waals surface area contributed by atoms with E-state index < -0.39 is 0 Å². The Kier molecular flexibility index (Phi) is 2.38. The van der Waals surface area contributed by atoms with Gasteiger partial charge in [-0.3, -0.25) is 0 Å². The molecule has 1 fully saturated rings. The summed E-state index contributed by atoms with van der Waals surface area (Å²) in [6, 6.07) is 9.00. The van der Waals surface area contributed by atoms with Gasteiger partial charge in [0.15, 0.2) is 0 Å². The van der Waals surface area contributed by atoms with Crippen LogP contribution >= 0.6 is 0 Å². The molecule has 0 aliphatic heterocycles. The Balaban J connectivity index is 1.63. The summed E-state index contributed by atoms with van der Waals surface area (Å²) in [6.45, 7) is 7.96. The minimum Gasteiger partial charge on any atom is -0.312 e. The highest BCUT2D eigenvalue weighted by molar-refractivity contribution is 5.37. The number of rotatable bonds is 2. The fourth-order valence-electron chi connectivity index (χ4n) is 3.31. The second-order valence-corrected chi connectivity index (χ2v) is 7.02. The minimum absolute atomic E-state index is 0.259. The summed E-state index contributed by atoms with van der Waals surface area (Å²) < 4.78 is 0. The van der Waals surface area contributed by atoms with Gasteiger partial charge in [0.1, 0.15) is 0 Å².